The first kappa shape index (κ1) is 12.1. The van der Waals surface area contributed by atoms with Crippen LogP contribution in [0.25, 0.3) is 21.9 Å². The van der Waals surface area contributed by atoms with Crippen molar-refractivity contribution in [2.75, 3.05) is 5.73 Å². The molecule has 3 aromatic carbocycles. The van der Waals surface area contributed by atoms with Crippen molar-refractivity contribution >= 4 is 28.1 Å². The molecule has 2 N–H and O–H groups in total. The maximum atomic E-state index is 6.32. The molecule has 0 atom stereocenters. The minimum absolute atomic E-state index is 0.685. The minimum Gasteiger partial charge on any atom is -0.399 e. The van der Waals surface area contributed by atoms with E-state index in [0.29, 0.717) is 10.7 Å². The minimum atomic E-state index is 0.685. The Morgan fingerprint density at radius 2 is 1.53 bits per heavy atom. The molecule has 0 fully saturated rings. The first-order valence-electron chi connectivity index (χ1n) is 6.20. The molecule has 0 unspecified atom stereocenters. The molecular weight excluding hydrogens is 254 g/mol. The summed E-state index contributed by atoms with van der Waals surface area (Å²) in [6.45, 7) is 2.12. The number of rotatable bonds is 1. The smallest absolute Gasteiger partial charge is 0.0505 e. The number of nitrogen functional groups attached to an aromatic ring is 1. The van der Waals surface area contributed by atoms with Crippen LogP contribution in [0.3, 0.4) is 0 Å². The summed E-state index contributed by atoms with van der Waals surface area (Å²) in [6, 6.07) is 18.3. The predicted molar refractivity (Wildman–Crippen MR) is 83.5 cm³/mol. The molecule has 1 nitrogen and oxygen atoms in total. The number of hydrogen-bond donors (Lipinski definition) is 1. The Morgan fingerprint density at radius 3 is 2.26 bits per heavy atom. The number of benzene rings is 3. The number of nitrogens with two attached hydrogens (primary N) is 1. The van der Waals surface area contributed by atoms with Crippen LogP contribution in [0.4, 0.5) is 5.69 Å². The lowest BCUT2D eigenvalue weighted by molar-refractivity contribution is 1.52. The molecule has 0 saturated carbocycles. The fraction of sp³-hybridized carbons (Fsp3) is 0.0588. The van der Waals surface area contributed by atoms with Crippen LogP contribution >= 0.6 is 11.6 Å². The predicted octanol–water partition coefficient (Wildman–Crippen LogP) is 5.05. The molecule has 0 aromatic heterocycles. The van der Waals surface area contributed by atoms with Crippen molar-refractivity contribution in [3.8, 4) is 11.1 Å². The van der Waals surface area contributed by atoms with E-state index in [-0.39, 0.29) is 0 Å². The number of hydrogen-bond acceptors (Lipinski definition) is 1. The fourth-order valence-corrected chi connectivity index (χ4v) is 2.73. The maximum Gasteiger partial charge on any atom is 0.0505 e. The van der Waals surface area contributed by atoms with Gasteiger partial charge in [0.25, 0.3) is 0 Å². The molecule has 0 amide bonds. The Bertz CT molecular complexity index is 762. The van der Waals surface area contributed by atoms with E-state index in [1.54, 1.807) is 6.07 Å². The van der Waals surface area contributed by atoms with Gasteiger partial charge < -0.3 is 5.73 Å². The first-order valence-corrected chi connectivity index (χ1v) is 6.58. The normalized spacial score (nSPS) is 10.8. The van der Waals surface area contributed by atoms with Gasteiger partial charge in [0.15, 0.2) is 0 Å². The molecule has 2 heteroatoms. The van der Waals surface area contributed by atoms with Crippen molar-refractivity contribution < 1.29 is 0 Å². The second kappa shape index (κ2) is 4.60. The third-order valence-electron chi connectivity index (χ3n) is 3.43. The van der Waals surface area contributed by atoms with Gasteiger partial charge in [0.1, 0.15) is 0 Å². The molecule has 0 heterocycles. The van der Waals surface area contributed by atoms with Crippen molar-refractivity contribution in [1.82, 2.24) is 0 Å². The largest absolute Gasteiger partial charge is 0.399 e. The quantitative estimate of drug-likeness (QED) is 0.614. The van der Waals surface area contributed by atoms with E-state index in [9.17, 15) is 0 Å². The summed E-state index contributed by atoms with van der Waals surface area (Å²) in [4.78, 5) is 0. The first-order chi connectivity index (χ1) is 9.16. The van der Waals surface area contributed by atoms with Gasteiger partial charge in [-0.1, -0.05) is 54.1 Å². The van der Waals surface area contributed by atoms with Crippen molar-refractivity contribution in [1.29, 1.82) is 0 Å². The van der Waals surface area contributed by atoms with Gasteiger partial charge >= 0.3 is 0 Å². The van der Waals surface area contributed by atoms with Gasteiger partial charge in [0.2, 0.25) is 0 Å². The summed E-state index contributed by atoms with van der Waals surface area (Å²) in [5.41, 5.74) is 9.88. The molecule has 0 aliphatic carbocycles. The number of halogens is 1. The van der Waals surface area contributed by atoms with Gasteiger partial charge in [-0.25, -0.2) is 0 Å². The summed E-state index contributed by atoms with van der Waals surface area (Å²) in [5, 5.41) is 3.16. The van der Waals surface area contributed by atoms with E-state index in [0.717, 1.165) is 11.1 Å². The highest BCUT2D eigenvalue weighted by atomic mass is 35.5. The Hall–Kier alpha value is -1.99. The van der Waals surface area contributed by atoms with Gasteiger partial charge in [0, 0.05) is 11.3 Å². The molecule has 94 valence electrons. The monoisotopic (exact) mass is 267 g/mol. The molecule has 0 aliphatic heterocycles. The van der Waals surface area contributed by atoms with E-state index in [1.165, 1.54) is 16.3 Å². The van der Waals surface area contributed by atoms with Gasteiger partial charge in [-0.15, -0.1) is 0 Å². The zero-order valence-corrected chi connectivity index (χ0v) is 11.4. The van der Waals surface area contributed by atoms with E-state index >= 15 is 0 Å². The molecule has 0 aliphatic rings. The van der Waals surface area contributed by atoms with Crippen molar-refractivity contribution in [2.45, 2.75) is 6.92 Å². The number of anilines is 1. The average molecular weight is 268 g/mol. The van der Waals surface area contributed by atoms with Crippen LogP contribution < -0.4 is 5.73 Å². The summed E-state index contributed by atoms with van der Waals surface area (Å²) in [6.07, 6.45) is 0. The second-order valence-corrected chi connectivity index (χ2v) is 5.12. The van der Waals surface area contributed by atoms with Crippen LogP contribution in [0.2, 0.25) is 5.02 Å². The van der Waals surface area contributed by atoms with Crippen LogP contribution in [0.5, 0.6) is 0 Å². The lowest BCUT2D eigenvalue weighted by atomic mass is 9.95. The Labute approximate surface area is 117 Å². The van der Waals surface area contributed by atoms with Crippen LogP contribution in [0.15, 0.2) is 54.6 Å². The van der Waals surface area contributed by atoms with E-state index < -0.39 is 0 Å². The summed E-state index contributed by atoms with van der Waals surface area (Å²) in [7, 11) is 0. The third-order valence-corrected chi connectivity index (χ3v) is 3.74. The molecular formula is C17H14ClN. The van der Waals surface area contributed by atoms with Crippen LogP contribution in [-0.4, -0.2) is 0 Å². The molecule has 0 spiro atoms. The summed E-state index contributed by atoms with van der Waals surface area (Å²) >= 11 is 6.32. The highest BCUT2D eigenvalue weighted by molar-refractivity contribution is 6.34. The van der Waals surface area contributed by atoms with Crippen molar-refractivity contribution in [3.63, 3.8) is 0 Å². The van der Waals surface area contributed by atoms with Gasteiger partial charge in [0.05, 0.1) is 5.02 Å². The van der Waals surface area contributed by atoms with Crippen LogP contribution in [-0.2, 0) is 0 Å². The van der Waals surface area contributed by atoms with Crippen LogP contribution in [0.1, 0.15) is 5.56 Å². The molecule has 3 rings (SSSR count). The lowest BCUT2D eigenvalue weighted by Gasteiger charge is -2.11. The van der Waals surface area contributed by atoms with E-state index in [2.05, 4.69) is 43.3 Å². The third kappa shape index (κ3) is 2.06. The highest BCUT2D eigenvalue weighted by Crippen LogP contribution is 2.35. The molecule has 0 bridgehead atoms. The SMILES string of the molecule is Cc1ccc(-c2ccc(N)cc2Cl)c2ccccc12. The zero-order chi connectivity index (χ0) is 13.4. The Balaban J connectivity index is 2.34. The standard InChI is InChI=1S/C17H14ClN/c1-11-6-8-15(14-5-3-2-4-13(11)14)16-9-7-12(19)10-17(16)18/h2-10H,19H2,1H3. The Kier molecular flexibility index (Phi) is 2.92. The molecule has 0 saturated heterocycles. The highest BCUT2D eigenvalue weighted by Gasteiger charge is 2.08. The molecule has 19 heavy (non-hydrogen) atoms. The van der Waals surface area contributed by atoms with Crippen molar-refractivity contribution in [3.05, 3.63) is 65.2 Å². The van der Waals surface area contributed by atoms with E-state index in [1.807, 2.05) is 12.1 Å². The number of fused-ring (bicyclic) bond motifs is 1. The lowest BCUT2D eigenvalue weighted by Crippen LogP contribution is -1.88. The van der Waals surface area contributed by atoms with E-state index in [4.69, 9.17) is 17.3 Å². The average Bonchev–Trinajstić information content (AvgIpc) is 2.41. The summed E-state index contributed by atoms with van der Waals surface area (Å²) < 4.78 is 0. The fourth-order valence-electron chi connectivity index (χ4n) is 2.43. The topological polar surface area (TPSA) is 26.0 Å². The summed E-state index contributed by atoms with van der Waals surface area (Å²) in [5.74, 6) is 0. The number of aryl methyl sites for hydroxylation is 1. The van der Waals surface area contributed by atoms with Crippen molar-refractivity contribution in [2.24, 2.45) is 0 Å². The van der Waals surface area contributed by atoms with Gasteiger partial charge in [-0.05, 0) is 41.0 Å². The van der Waals surface area contributed by atoms with Gasteiger partial charge in [-0.2, -0.15) is 0 Å². The molecule has 0 radical (unpaired) electrons. The maximum absolute atomic E-state index is 6.32. The zero-order valence-electron chi connectivity index (χ0n) is 10.7. The van der Waals surface area contributed by atoms with Crippen LogP contribution in [0, 0.1) is 6.92 Å². The Morgan fingerprint density at radius 1 is 0.842 bits per heavy atom. The molecule has 3 aromatic rings. The second-order valence-electron chi connectivity index (χ2n) is 4.71. The van der Waals surface area contributed by atoms with Gasteiger partial charge in [-0.3, -0.25) is 0 Å².